The number of ether oxygens (including phenoxy) is 1. The summed E-state index contributed by atoms with van der Waals surface area (Å²) >= 11 is 0. The lowest BCUT2D eigenvalue weighted by Gasteiger charge is -2.37. The minimum atomic E-state index is 0.229. The molecule has 1 aromatic rings. The molecule has 1 aliphatic rings. The molecule has 2 rings (SSSR count). The third-order valence-corrected chi connectivity index (χ3v) is 3.82. The molecule has 0 spiro atoms. The number of nitrogens with zero attached hydrogens (tertiary/aromatic N) is 2. The molecule has 0 bridgehead atoms. The Hall–Kier alpha value is -1.57. The molecular formula is C16H22N2O2. The first kappa shape index (κ1) is 14.8. The molecule has 1 N–H and O–H groups in total. The third-order valence-electron chi connectivity index (χ3n) is 3.82. The average Bonchev–Trinajstić information content (AvgIpc) is 2.42. The predicted octanol–water partition coefficient (Wildman–Crippen LogP) is 2.17. The summed E-state index contributed by atoms with van der Waals surface area (Å²) in [5.74, 6) is 0.807. The van der Waals surface area contributed by atoms with Gasteiger partial charge in [0.25, 0.3) is 0 Å². The molecule has 1 aliphatic carbocycles. The van der Waals surface area contributed by atoms with Gasteiger partial charge < -0.3 is 9.84 Å². The zero-order valence-electron chi connectivity index (χ0n) is 11.8. The summed E-state index contributed by atoms with van der Waals surface area (Å²) < 4.78 is 5.67. The number of hydrogen-bond donors (Lipinski definition) is 1. The van der Waals surface area contributed by atoms with Crippen molar-refractivity contribution in [1.82, 2.24) is 4.90 Å². The molecule has 0 saturated heterocycles. The van der Waals surface area contributed by atoms with Crippen molar-refractivity contribution in [2.75, 3.05) is 26.3 Å². The van der Waals surface area contributed by atoms with Gasteiger partial charge in [-0.3, -0.25) is 4.90 Å². The number of hydrogen-bond acceptors (Lipinski definition) is 4. The highest BCUT2D eigenvalue weighted by molar-refractivity contribution is 5.34. The summed E-state index contributed by atoms with van der Waals surface area (Å²) in [7, 11) is 0. The van der Waals surface area contributed by atoms with Crippen LogP contribution in [0.3, 0.4) is 0 Å². The van der Waals surface area contributed by atoms with Crippen LogP contribution in [0.2, 0.25) is 0 Å². The van der Waals surface area contributed by atoms with Crippen molar-refractivity contribution in [3.05, 3.63) is 29.8 Å². The van der Waals surface area contributed by atoms with Crippen molar-refractivity contribution in [3.8, 4) is 11.8 Å². The van der Waals surface area contributed by atoms with Crippen LogP contribution < -0.4 is 4.74 Å². The van der Waals surface area contributed by atoms with Crippen LogP contribution in [0.4, 0.5) is 0 Å². The Balaban J connectivity index is 1.67. The van der Waals surface area contributed by atoms with E-state index in [9.17, 15) is 0 Å². The minimum absolute atomic E-state index is 0.229. The topological polar surface area (TPSA) is 56.5 Å². The first-order valence-corrected chi connectivity index (χ1v) is 7.31. The molecule has 0 aromatic heterocycles. The van der Waals surface area contributed by atoms with E-state index < -0.39 is 0 Å². The zero-order valence-corrected chi connectivity index (χ0v) is 11.8. The first-order valence-electron chi connectivity index (χ1n) is 7.31. The minimum Gasteiger partial charge on any atom is -0.494 e. The summed E-state index contributed by atoms with van der Waals surface area (Å²) in [6, 6.07) is 9.94. The van der Waals surface area contributed by atoms with E-state index in [0.29, 0.717) is 18.2 Å². The second-order valence-electron chi connectivity index (χ2n) is 5.18. The molecule has 4 nitrogen and oxygen atoms in total. The van der Waals surface area contributed by atoms with Gasteiger partial charge in [-0.2, -0.15) is 5.26 Å². The van der Waals surface area contributed by atoms with Gasteiger partial charge in [-0.15, -0.1) is 0 Å². The monoisotopic (exact) mass is 274 g/mol. The SMILES string of the molecule is N#Cc1ccc(OCCCN(CCO)C2CCC2)cc1. The number of nitriles is 1. The molecule has 0 aliphatic heterocycles. The quantitative estimate of drug-likeness (QED) is 0.738. The van der Waals surface area contributed by atoms with Crippen LogP contribution in [-0.4, -0.2) is 42.4 Å². The lowest BCUT2D eigenvalue weighted by molar-refractivity contribution is 0.0952. The second kappa shape index (κ2) is 7.88. The normalized spacial score (nSPS) is 14.8. The summed E-state index contributed by atoms with van der Waals surface area (Å²) in [6.45, 7) is 2.64. The highest BCUT2D eigenvalue weighted by atomic mass is 16.5. The maximum atomic E-state index is 9.09. The van der Waals surface area contributed by atoms with Gasteiger partial charge in [0.1, 0.15) is 5.75 Å². The molecule has 20 heavy (non-hydrogen) atoms. The Morgan fingerprint density at radius 2 is 2.00 bits per heavy atom. The molecule has 0 radical (unpaired) electrons. The van der Waals surface area contributed by atoms with Gasteiger partial charge in [-0.05, 0) is 43.5 Å². The fraction of sp³-hybridized carbons (Fsp3) is 0.562. The van der Waals surface area contributed by atoms with Gasteiger partial charge in [0.15, 0.2) is 0 Å². The van der Waals surface area contributed by atoms with Gasteiger partial charge in [0.05, 0.1) is 24.8 Å². The van der Waals surface area contributed by atoms with E-state index in [1.54, 1.807) is 12.1 Å². The van der Waals surface area contributed by atoms with E-state index in [4.69, 9.17) is 15.1 Å². The van der Waals surface area contributed by atoms with E-state index in [1.807, 2.05) is 12.1 Å². The summed E-state index contributed by atoms with van der Waals surface area (Å²) in [6.07, 6.45) is 4.79. The maximum Gasteiger partial charge on any atom is 0.119 e. The van der Waals surface area contributed by atoms with Gasteiger partial charge in [0.2, 0.25) is 0 Å². The number of aliphatic hydroxyl groups is 1. The smallest absolute Gasteiger partial charge is 0.119 e. The molecule has 1 fully saturated rings. The fourth-order valence-corrected chi connectivity index (χ4v) is 2.44. The Morgan fingerprint density at radius 1 is 1.25 bits per heavy atom. The number of rotatable bonds is 8. The van der Waals surface area contributed by atoms with Gasteiger partial charge in [-0.1, -0.05) is 6.42 Å². The largest absolute Gasteiger partial charge is 0.494 e. The Kier molecular flexibility index (Phi) is 5.85. The highest BCUT2D eigenvalue weighted by Gasteiger charge is 2.23. The van der Waals surface area contributed by atoms with Crippen LogP contribution in [0.5, 0.6) is 5.75 Å². The van der Waals surface area contributed by atoms with E-state index >= 15 is 0 Å². The first-order chi connectivity index (χ1) is 9.83. The molecule has 0 atom stereocenters. The maximum absolute atomic E-state index is 9.09. The van der Waals surface area contributed by atoms with E-state index in [1.165, 1.54) is 19.3 Å². The van der Waals surface area contributed by atoms with E-state index in [2.05, 4.69) is 11.0 Å². The van der Waals surface area contributed by atoms with Crippen LogP contribution in [0.15, 0.2) is 24.3 Å². The molecule has 0 amide bonds. The lowest BCUT2D eigenvalue weighted by atomic mass is 9.91. The predicted molar refractivity (Wildman–Crippen MR) is 77.6 cm³/mol. The summed E-state index contributed by atoms with van der Waals surface area (Å²) in [5.41, 5.74) is 0.649. The summed E-state index contributed by atoms with van der Waals surface area (Å²) in [5, 5.41) is 17.8. The molecule has 108 valence electrons. The van der Waals surface area contributed by atoms with Gasteiger partial charge in [-0.25, -0.2) is 0 Å². The van der Waals surface area contributed by atoms with E-state index in [-0.39, 0.29) is 6.61 Å². The molecule has 0 heterocycles. The van der Waals surface area contributed by atoms with Crippen molar-refractivity contribution >= 4 is 0 Å². The standard InChI is InChI=1S/C16H22N2O2/c17-13-14-5-7-16(8-6-14)20-12-2-9-18(10-11-19)15-3-1-4-15/h5-8,15,19H,1-4,9-12H2. The Morgan fingerprint density at radius 3 is 2.55 bits per heavy atom. The number of benzene rings is 1. The van der Waals surface area contributed by atoms with Crippen LogP contribution in [-0.2, 0) is 0 Å². The molecule has 0 unspecified atom stereocenters. The van der Waals surface area contributed by atoms with Crippen molar-refractivity contribution in [2.24, 2.45) is 0 Å². The second-order valence-corrected chi connectivity index (χ2v) is 5.18. The zero-order chi connectivity index (χ0) is 14.2. The number of aliphatic hydroxyl groups excluding tert-OH is 1. The van der Waals surface area contributed by atoms with Crippen LogP contribution >= 0.6 is 0 Å². The van der Waals surface area contributed by atoms with Crippen LogP contribution in [0.25, 0.3) is 0 Å². The van der Waals surface area contributed by atoms with Crippen LogP contribution in [0, 0.1) is 11.3 Å². The van der Waals surface area contributed by atoms with Gasteiger partial charge in [0, 0.05) is 19.1 Å². The highest BCUT2D eigenvalue weighted by Crippen LogP contribution is 2.24. The average molecular weight is 274 g/mol. The molecular weight excluding hydrogens is 252 g/mol. The van der Waals surface area contributed by atoms with Gasteiger partial charge >= 0.3 is 0 Å². The third kappa shape index (κ3) is 4.22. The van der Waals surface area contributed by atoms with Crippen LogP contribution in [0.1, 0.15) is 31.2 Å². The fourth-order valence-electron chi connectivity index (χ4n) is 2.44. The Bertz CT molecular complexity index is 435. The molecule has 1 aromatic carbocycles. The van der Waals surface area contributed by atoms with Crippen molar-refractivity contribution in [2.45, 2.75) is 31.7 Å². The van der Waals surface area contributed by atoms with Crippen molar-refractivity contribution in [1.29, 1.82) is 5.26 Å². The summed E-state index contributed by atoms with van der Waals surface area (Å²) in [4.78, 5) is 2.37. The Labute approximate surface area is 120 Å². The lowest BCUT2D eigenvalue weighted by Crippen LogP contribution is -2.42. The van der Waals surface area contributed by atoms with E-state index in [0.717, 1.165) is 25.3 Å². The van der Waals surface area contributed by atoms with Crippen molar-refractivity contribution < 1.29 is 9.84 Å². The molecule has 4 heteroatoms. The van der Waals surface area contributed by atoms with Crippen molar-refractivity contribution in [3.63, 3.8) is 0 Å². The molecule has 1 saturated carbocycles.